The maximum Gasteiger partial charge on any atom is 0.212 e. The summed E-state index contributed by atoms with van der Waals surface area (Å²) in [5.74, 6) is 1.61. The van der Waals surface area contributed by atoms with Crippen LogP contribution in [0.15, 0.2) is 24.3 Å². The Hall–Kier alpha value is -0.780. The van der Waals surface area contributed by atoms with Crippen molar-refractivity contribution in [2.45, 2.75) is 25.3 Å². The van der Waals surface area contributed by atoms with Crippen molar-refractivity contribution < 1.29 is 13.2 Å². The molecule has 0 aromatic heterocycles. The molecular weight excluding hydrogens is 298 g/mol. The van der Waals surface area contributed by atoms with Crippen molar-refractivity contribution in [3.05, 3.63) is 29.8 Å². The zero-order chi connectivity index (χ0) is 14.6. The van der Waals surface area contributed by atoms with Gasteiger partial charge in [-0.25, -0.2) is 13.1 Å². The first-order chi connectivity index (χ1) is 9.55. The molecule has 20 heavy (non-hydrogen) atoms. The van der Waals surface area contributed by atoms with Gasteiger partial charge in [-0.1, -0.05) is 12.1 Å². The van der Waals surface area contributed by atoms with Crippen molar-refractivity contribution in [3.63, 3.8) is 0 Å². The topological polar surface area (TPSA) is 55.4 Å². The molecule has 0 heterocycles. The summed E-state index contributed by atoms with van der Waals surface area (Å²) in [6, 6.07) is 7.43. The minimum absolute atomic E-state index is 0.0792. The van der Waals surface area contributed by atoms with Crippen molar-refractivity contribution >= 4 is 21.6 Å². The van der Waals surface area contributed by atoms with E-state index in [1.165, 1.54) is 0 Å². The number of hydrogen-bond acceptors (Lipinski definition) is 3. The van der Waals surface area contributed by atoms with E-state index in [1.807, 2.05) is 24.3 Å². The highest BCUT2D eigenvalue weighted by molar-refractivity contribution is 7.89. The largest absolute Gasteiger partial charge is 0.497 e. The second kappa shape index (κ2) is 6.78. The number of methoxy groups -OCH3 is 1. The summed E-state index contributed by atoms with van der Waals surface area (Å²) in [4.78, 5) is 0. The van der Waals surface area contributed by atoms with Gasteiger partial charge in [0.25, 0.3) is 0 Å². The first kappa shape index (κ1) is 15.6. The van der Waals surface area contributed by atoms with Crippen molar-refractivity contribution in [1.82, 2.24) is 4.72 Å². The Morgan fingerprint density at radius 2 is 2.00 bits per heavy atom. The van der Waals surface area contributed by atoms with E-state index >= 15 is 0 Å². The van der Waals surface area contributed by atoms with Crippen LogP contribution >= 0.6 is 11.6 Å². The molecule has 0 aliphatic heterocycles. The lowest BCUT2D eigenvalue weighted by atomic mass is 10.0. The van der Waals surface area contributed by atoms with Crippen LogP contribution in [-0.2, 0) is 10.0 Å². The van der Waals surface area contributed by atoms with E-state index in [9.17, 15) is 8.42 Å². The molecule has 1 atom stereocenters. The average Bonchev–Trinajstić information content (AvgIpc) is 3.27. The van der Waals surface area contributed by atoms with Gasteiger partial charge in [0.15, 0.2) is 0 Å². The van der Waals surface area contributed by atoms with Gasteiger partial charge in [-0.2, -0.15) is 0 Å². The van der Waals surface area contributed by atoms with Crippen molar-refractivity contribution in [3.8, 4) is 5.75 Å². The first-order valence-electron chi connectivity index (χ1n) is 6.75. The zero-order valence-corrected chi connectivity index (χ0v) is 13.1. The molecule has 1 fully saturated rings. The van der Waals surface area contributed by atoms with Crippen LogP contribution in [-0.4, -0.2) is 27.2 Å². The normalized spacial score (nSPS) is 16.9. The van der Waals surface area contributed by atoms with Crippen molar-refractivity contribution in [1.29, 1.82) is 0 Å². The zero-order valence-electron chi connectivity index (χ0n) is 11.5. The monoisotopic (exact) mass is 317 g/mol. The number of benzene rings is 1. The summed E-state index contributed by atoms with van der Waals surface area (Å²) < 4.78 is 32.0. The minimum Gasteiger partial charge on any atom is -0.497 e. The molecule has 1 N–H and O–H groups in total. The Kier molecular flexibility index (Phi) is 5.29. The maximum atomic E-state index is 12.0. The number of rotatable bonds is 8. The van der Waals surface area contributed by atoms with Gasteiger partial charge >= 0.3 is 0 Å². The van der Waals surface area contributed by atoms with Crippen LogP contribution < -0.4 is 9.46 Å². The molecule has 4 nitrogen and oxygen atoms in total. The molecule has 112 valence electrons. The molecule has 6 heteroatoms. The Morgan fingerprint density at radius 1 is 1.35 bits per heavy atom. The number of nitrogens with one attached hydrogen (secondary N) is 1. The molecule has 1 saturated carbocycles. The minimum atomic E-state index is -3.28. The molecule has 0 amide bonds. The molecule has 0 spiro atoms. The summed E-state index contributed by atoms with van der Waals surface area (Å²) in [6.45, 7) is 0. The van der Waals surface area contributed by atoms with Crippen LogP contribution in [0.5, 0.6) is 5.75 Å². The SMILES string of the molecule is COc1ccc(C(NS(=O)(=O)CCCCl)C2CC2)cc1. The smallest absolute Gasteiger partial charge is 0.212 e. The van der Waals surface area contributed by atoms with E-state index in [4.69, 9.17) is 16.3 Å². The summed E-state index contributed by atoms with van der Waals surface area (Å²) in [6.07, 6.45) is 2.60. The van der Waals surface area contributed by atoms with Gasteiger partial charge in [-0.05, 0) is 42.9 Å². The summed E-state index contributed by atoms with van der Waals surface area (Å²) in [7, 11) is -1.66. The molecule has 1 aliphatic carbocycles. The second-order valence-electron chi connectivity index (χ2n) is 5.07. The molecule has 1 aromatic carbocycles. The third kappa shape index (κ3) is 4.36. The lowest BCUT2D eigenvalue weighted by molar-refractivity contribution is 0.414. The van der Waals surface area contributed by atoms with E-state index in [2.05, 4.69) is 4.72 Å². The first-order valence-corrected chi connectivity index (χ1v) is 8.94. The number of ether oxygens (including phenoxy) is 1. The fourth-order valence-electron chi connectivity index (χ4n) is 2.17. The Balaban J connectivity index is 2.10. The maximum absolute atomic E-state index is 12.0. The highest BCUT2D eigenvalue weighted by Crippen LogP contribution is 2.41. The van der Waals surface area contributed by atoms with E-state index in [-0.39, 0.29) is 11.8 Å². The van der Waals surface area contributed by atoms with E-state index in [0.29, 0.717) is 18.2 Å². The highest BCUT2D eigenvalue weighted by Gasteiger charge is 2.34. The van der Waals surface area contributed by atoms with Crippen LogP contribution in [0.2, 0.25) is 0 Å². The van der Waals surface area contributed by atoms with E-state index in [0.717, 1.165) is 24.2 Å². The Bertz CT molecular complexity index is 526. The average molecular weight is 318 g/mol. The molecule has 2 rings (SSSR count). The predicted molar refractivity (Wildman–Crippen MR) is 80.7 cm³/mol. The van der Waals surface area contributed by atoms with Gasteiger partial charge in [0.05, 0.1) is 12.9 Å². The Morgan fingerprint density at radius 3 is 2.50 bits per heavy atom. The van der Waals surface area contributed by atoms with Gasteiger partial charge < -0.3 is 4.74 Å². The number of halogens is 1. The van der Waals surface area contributed by atoms with E-state index in [1.54, 1.807) is 7.11 Å². The fourth-order valence-corrected chi connectivity index (χ4v) is 3.82. The fraction of sp³-hybridized carbons (Fsp3) is 0.571. The predicted octanol–water partition coefficient (Wildman–Crippen LogP) is 2.69. The van der Waals surface area contributed by atoms with Gasteiger partial charge in [0, 0.05) is 11.9 Å². The molecule has 0 radical (unpaired) electrons. The quantitative estimate of drug-likeness (QED) is 0.750. The summed E-state index contributed by atoms with van der Waals surface area (Å²) >= 11 is 5.56. The van der Waals surface area contributed by atoms with Gasteiger partial charge in [-0.15, -0.1) is 11.6 Å². The van der Waals surface area contributed by atoms with Crippen LogP contribution in [0.3, 0.4) is 0 Å². The van der Waals surface area contributed by atoms with Crippen LogP contribution in [0.4, 0.5) is 0 Å². The standard InChI is InChI=1S/C14H20ClNO3S/c1-19-13-7-5-12(6-8-13)14(11-3-4-11)16-20(17,18)10-2-9-15/h5-8,11,14,16H,2-4,9-10H2,1H3. The van der Waals surface area contributed by atoms with E-state index < -0.39 is 10.0 Å². The molecule has 1 aliphatic rings. The number of sulfonamides is 1. The Labute approximate surface area is 125 Å². The number of alkyl halides is 1. The van der Waals surface area contributed by atoms with Crippen molar-refractivity contribution in [2.24, 2.45) is 5.92 Å². The molecule has 0 saturated heterocycles. The van der Waals surface area contributed by atoms with Crippen LogP contribution in [0.25, 0.3) is 0 Å². The summed E-state index contributed by atoms with van der Waals surface area (Å²) in [5, 5.41) is 0. The van der Waals surface area contributed by atoms with Crippen LogP contribution in [0.1, 0.15) is 30.9 Å². The molecule has 1 unspecified atom stereocenters. The molecule has 1 aromatic rings. The molecule has 0 bridgehead atoms. The second-order valence-corrected chi connectivity index (χ2v) is 7.32. The van der Waals surface area contributed by atoms with Crippen LogP contribution in [0, 0.1) is 5.92 Å². The van der Waals surface area contributed by atoms with Gasteiger partial charge in [0.2, 0.25) is 10.0 Å². The van der Waals surface area contributed by atoms with Gasteiger partial charge in [0.1, 0.15) is 5.75 Å². The summed E-state index contributed by atoms with van der Waals surface area (Å²) in [5.41, 5.74) is 0.989. The lowest BCUT2D eigenvalue weighted by Gasteiger charge is -2.19. The van der Waals surface area contributed by atoms with Gasteiger partial charge in [-0.3, -0.25) is 0 Å². The highest BCUT2D eigenvalue weighted by atomic mass is 35.5. The number of hydrogen-bond donors (Lipinski definition) is 1. The third-order valence-electron chi connectivity index (χ3n) is 3.42. The van der Waals surface area contributed by atoms with Crippen molar-refractivity contribution in [2.75, 3.05) is 18.7 Å². The third-order valence-corrected chi connectivity index (χ3v) is 5.13. The lowest BCUT2D eigenvalue weighted by Crippen LogP contribution is -2.32. The molecular formula is C14H20ClNO3S.